The van der Waals surface area contributed by atoms with Crippen molar-refractivity contribution in [1.29, 1.82) is 0 Å². The topological polar surface area (TPSA) is 6.25 Å². The fourth-order valence-corrected chi connectivity index (χ4v) is 3.39. The summed E-state index contributed by atoms with van der Waals surface area (Å²) in [6.07, 6.45) is 0. The molecule has 0 radical (unpaired) electrons. The van der Waals surface area contributed by atoms with Crippen molar-refractivity contribution >= 4 is 27.1 Å². The molecule has 1 aromatic carbocycles. The maximum Gasteiger partial charge on any atom is 0.200 e. The summed E-state index contributed by atoms with van der Waals surface area (Å²) in [4.78, 5) is 3.48. The van der Waals surface area contributed by atoms with Gasteiger partial charge in [-0.3, -0.25) is 0 Å². The van der Waals surface area contributed by atoms with Crippen LogP contribution in [0.2, 0.25) is 0 Å². The maximum absolute atomic E-state index is 2.28. The molecule has 0 unspecified atom stereocenters. The second-order valence-electron chi connectivity index (χ2n) is 5.48. The van der Waals surface area contributed by atoms with Gasteiger partial charge in [0.1, 0.15) is 14.1 Å². The number of hydrogen-bond acceptors (Lipinski definition) is 2. The Labute approximate surface area is 135 Å². The zero-order valence-electron chi connectivity index (χ0n) is 12.7. The first-order chi connectivity index (χ1) is 9.54. The number of nitrogens with zero attached hydrogens (tertiary/aromatic N) is 2. The molecule has 0 atom stereocenters. The van der Waals surface area contributed by atoms with E-state index < -0.39 is 0 Å². The van der Waals surface area contributed by atoms with Crippen molar-refractivity contribution in [3.8, 4) is 10.4 Å². The highest BCUT2D eigenvalue weighted by molar-refractivity contribution is 7.21. The van der Waals surface area contributed by atoms with Crippen LogP contribution in [0.5, 0.6) is 0 Å². The third-order valence-corrected chi connectivity index (χ3v) is 4.70. The number of rotatable bonds is 1. The Morgan fingerprint density at radius 1 is 0.952 bits per heavy atom. The molecule has 110 valence electrons. The van der Waals surface area contributed by atoms with Crippen LogP contribution in [0, 0.1) is 0 Å². The molecule has 0 fully saturated rings. The summed E-state index contributed by atoms with van der Waals surface area (Å²) in [6, 6.07) is 15.6. The third kappa shape index (κ3) is 3.04. The molecule has 0 N–H and O–H groups in total. The number of anilines is 1. The fraction of sp³-hybridized carbons (Fsp3) is 0.235. The molecule has 0 saturated heterocycles. The van der Waals surface area contributed by atoms with Crippen LogP contribution in [0.15, 0.2) is 42.5 Å². The second-order valence-corrected chi connectivity index (χ2v) is 6.56. The van der Waals surface area contributed by atoms with E-state index in [0.29, 0.717) is 0 Å². The van der Waals surface area contributed by atoms with Crippen LogP contribution in [0.4, 0.5) is 5.69 Å². The van der Waals surface area contributed by atoms with Gasteiger partial charge in [0.25, 0.3) is 0 Å². The van der Waals surface area contributed by atoms with Gasteiger partial charge in [-0.1, -0.05) is 6.07 Å². The Kier molecular flexibility index (Phi) is 4.55. The fourth-order valence-electron chi connectivity index (χ4n) is 2.30. The third-order valence-electron chi connectivity index (χ3n) is 3.56. The Morgan fingerprint density at radius 3 is 2.38 bits per heavy atom. The normalized spacial score (nSPS) is 10.5. The summed E-state index contributed by atoms with van der Waals surface area (Å²) in [5, 5.41) is 2.56. The predicted molar refractivity (Wildman–Crippen MR) is 89.9 cm³/mol. The lowest BCUT2D eigenvalue weighted by molar-refractivity contribution is -0.00000400. The van der Waals surface area contributed by atoms with Gasteiger partial charge in [-0.05, 0) is 35.2 Å². The number of halogens is 1. The van der Waals surface area contributed by atoms with Gasteiger partial charge in [-0.25, -0.2) is 4.58 Å². The molecule has 1 aliphatic carbocycles. The van der Waals surface area contributed by atoms with Crippen LogP contribution in [0.1, 0.15) is 0 Å². The minimum absolute atomic E-state index is 0. The average Bonchev–Trinajstić information content (AvgIpc) is 2.43. The number of benzene rings is 2. The minimum atomic E-state index is 0. The van der Waals surface area contributed by atoms with Crippen LogP contribution in [0.3, 0.4) is 0 Å². The molecule has 1 heterocycles. The van der Waals surface area contributed by atoms with E-state index in [-0.39, 0.29) is 12.4 Å². The van der Waals surface area contributed by atoms with Gasteiger partial charge in [0, 0.05) is 41.5 Å². The van der Waals surface area contributed by atoms with Gasteiger partial charge in [0.15, 0.2) is 0 Å². The van der Waals surface area contributed by atoms with Crippen molar-refractivity contribution in [3.05, 3.63) is 47.8 Å². The predicted octanol–water partition coefficient (Wildman–Crippen LogP) is 0.108. The van der Waals surface area contributed by atoms with Crippen LogP contribution in [-0.2, 0) is 0 Å². The van der Waals surface area contributed by atoms with Crippen molar-refractivity contribution < 1.29 is 12.4 Å². The smallest absolute Gasteiger partial charge is 0.200 e. The van der Waals surface area contributed by atoms with E-state index in [9.17, 15) is 0 Å². The van der Waals surface area contributed by atoms with Crippen LogP contribution >= 0.6 is 11.3 Å². The number of fused-ring (bicyclic) bond motifs is 2. The summed E-state index contributed by atoms with van der Waals surface area (Å²) in [5.74, 6) is 0. The zero-order valence-corrected chi connectivity index (χ0v) is 14.3. The van der Waals surface area contributed by atoms with Crippen molar-refractivity contribution in [1.82, 2.24) is 4.58 Å². The molecule has 2 nitrogen and oxygen atoms in total. The Bertz CT molecular complexity index is 817. The molecule has 1 aliphatic heterocycles. The highest BCUT2D eigenvalue weighted by atomic mass is 35.5. The average molecular weight is 319 g/mol. The minimum Gasteiger partial charge on any atom is -1.00 e. The molecule has 2 aliphatic rings. The van der Waals surface area contributed by atoms with Crippen LogP contribution < -0.4 is 27.2 Å². The highest BCUT2D eigenvalue weighted by Gasteiger charge is 2.08. The molecule has 0 aromatic heterocycles. The molecular weight excluding hydrogens is 300 g/mol. The molecule has 3 rings (SSSR count). The molecule has 0 spiro atoms. The van der Waals surface area contributed by atoms with Gasteiger partial charge in [0.05, 0.1) is 0 Å². The molecule has 4 heteroatoms. The molecule has 21 heavy (non-hydrogen) atoms. The lowest BCUT2D eigenvalue weighted by atomic mass is 10.1. The van der Waals surface area contributed by atoms with Gasteiger partial charge >= 0.3 is 0 Å². The molecule has 1 aromatic rings. The summed E-state index contributed by atoms with van der Waals surface area (Å²) in [7, 11) is 8.32. The van der Waals surface area contributed by atoms with Crippen molar-refractivity contribution in [2.75, 3.05) is 33.1 Å². The van der Waals surface area contributed by atoms with Gasteiger partial charge in [-0.15, -0.1) is 11.3 Å². The summed E-state index contributed by atoms with van der Waals surface area (Å²) in [6.45, 7) is 0. The van der Waals surface area contributed by atoms with E-state index in [1.807, 2.05) is 11.3 Å². The van der Waals surface area contributed by atoms with Gasteiger partial charge in [-0.2, -0.15) is 0 Å². The van der Waals surface area contributed by atoms with Crippen LogP contribution in [-0.4, -0.2) is 28.2 Å². The van der Waals surface area contributed by atoms with E-state index in [2.05, 4.69) is 80.1 Å². The van der Waals surface area contributed by atoms with Crippen molar-refractivity contribution in [2.24, 2.45) is 0 Å². The van der Waals surface area contributed by atoms with E-state index >= 15 is 0 Å². The molecule has 0 bridgehead atoms. The quantitative estimate of drug-likeness (QED) is 0.456. The Morgan fingerprint density at radius 2 is 1.71 bits per heavy atom. The lowest BCUT2D eigenvalue weighted by Crippen LogP contribution is -3.00. The summed E-state index contributed by atoms with van der Waals surface area (Å²) in [5.41, 5.74) is 2.56. The monoisotopic (exact) mass is 318 g/mol. The molecular formula is C17H19ClN2S. The van der Waals surface area contributed by atoms with E-state index in [0.717, 1.165) is 0 Å². The van der Waals surface area contributed by atoms with E-state index in [1.165, 1.54) is 31.6 Å². The maximum atomic E-state index is 2.28. The van der Waals surface area contributed by atoms with Crippen molar-refractivity contribution in [3.63, 3.8) is 0 Å². The second kappa shape index (κ2) is 6.04. The van der Waals surface area contributed by atoms with E-state index in [1.54, 1.807) is 0 Å². The van der Waals surface area contributed by atoms with Gasteiger partial charge in [0.2, 0.25) is 5.36 Å². The highest BCUT2D eigenvalue weighted by Crippen LogP contribution is 2.33. The Balaban J connectivity index is 0.00000161. The first-order valence-corrected chi connectivity index (χ1v) is 7.51. The lowest BCUT2D eigenvalue weighted by Gasteiger charge is -2.14. The van der Waals surface area contributed by atoms with Crippen molar-refractivity contribution in [2.45, 2.75) is 0 Å². The molecule has 0 saturated carbocycles. The first-order valence-electron chi connectivity index (χ1n) is 6.70. The summed E-state index contributed by atoms with van der Waals surface area (Å²) < 4.78 is 3.48. The summed E-state index contributed by atoms with van der Waals surface area (Å²) >= 11 is 1.86. The standard InChI is InChI=1S/C17H19N2S.ClH/c1-18(2)14-7-5-12-9-13-6-8-15(19(3)4)11-17(13)20-16(12)10-14;/h5-11H,1-4H3;1H/q+1;/p-1. The number of hydrogen-bond donors (Lipinski definition) is 0. The first kappa shape index (κ1) is 15.8. The SMILES string of the molecule is CN(C)c1ccc2cc3ccc(=[N+](C)C)cc-3sc2c1.[Cl-]. The van der Waals surface area contributed by atoms with E-state index in [4.69, 9.17) is 0 Å². The van der Waals surface area contributed by atoms with Crippen LogP contribution in [0.25, 0.3) is 20.5 Å². The van der Waals surface area contributed by atoms with Gasteiger partial charge < -0.3 is 17.3 Å². The molecule has 0 amide bonds. The largest absolute Gasteiger partial charge is 1.00 e. The zero-order chi connectivity index (χ0) is 14.3. The Hall–Kier alpha value is -1.58.